The summed E-state index contributed by atoms with van der Waals surface area (Å²) in [6.45, 7) is 3.61. The molecule has 3 unspecified atom stereocenters. The Hall–Kier alpha value is -0.530. The van der Waals surface area contributed by atoms with Gasteiger partial charge in [0.2, 0.25) is 0 Å². The van der Waals surface area contributed by atoms with Crippen molar-refractivity contribution in [3.8, 4) is 5.75 Å². The maximum absolute atomic E-state index is 6.15. The van der Waals surface area contributed by atoms with Crippen molar-refractivity contribution in [1.82, 2.24) is 0 Å². The second-order valence-corrected chi connectivity index (χ2v) is 8.04. The smallest absolute Gasteiger partial charge is 0.157 e. The van der Waals surface area contributed by atoms with Gasteiger partial charge in [-0.3, -0.25) is 0 Å². The zero-order valence-electron chi connectivity index (χ0n) is 14.1. The van der Waals surface area contributed by atoms with E-state index >= 15 is 0 Å². The quantitative estimate of drug-likeness (QED) is 0.719. The first-order valence-electron chi connectivity index (χ1n) is 8.94. The summed E-state index contributed by atoms with van der Waals surface area (Å²) in [7, 11) is 0. The third-order valence-electron chi connectivity index (χ3n) is 4.98. The molecule has 25 heavy (non-hydrogen) atoms. The van der Waals surface area contributed by atoms with E-state index in [1.54, 1.807) is 0 Å². The van der Waals surface area contributed by atoms with E-state index in [2.05, 4.69) is 20.8 Å². The first-order chi connectivity index (χ1) is 12.2. The minimum Gasteiger partial charge on any atom is -0.489 e. The van der Waals surface area contributed by atoms with Gasteiger partial charge >= 0.3 is 0 Å². The van der Waals surface area contributed by atoms with Gasteiger partial charge in [0, 0.05) is 22.2 Å². The second-order valence-electron chi connectivity index (χ2n) is 6.75. The number of hydrogen-bond donors (Lipinski definition) is 0. The Morgan fingerprint density at radius 1 is 1.24 bits per heavy atom. The molecule has 0 spiro atoms. The first kappa shape index (κ1) is 17.9. The zero-order chi connectivity index (χ0) is 17.2. The molecule has 0 aromatic heterocycles. The minimum atomic E-state index is -0.0585. The molecule has 2 saturated heterocycles. The van der Waals surface area contributed by atoms with Crippen LogP contribution in [0.3, 0.4) is 0 Å². The molecule has 0 radical (unpaired) electrons. The zero-order valence-corrected chi connectivity index (χ0v) is 16.4. The molecular weight excluding hydrogens is 410 g/mol. The summed E-state index contributed by atoms with van der Waals surface area (Å²) < 4.78 is 24.3. The van der Waals surface area contributed by atoms with Crippen LogP contribution in [0.4, 0.5) is 5.69 Å². The molecule has 7 heteroatoms. The minimum absolute atomic E-state index is 0.0585. The lowest BCUT2D eigenvalue weighted by molar-refractivity contribution is -0.175. The van der Waals surface area contributed by atoms with Gasteiger partial charge in [-0.25, -0.2) is 0 Å². The van der Waals surface area contributed by atoms with Crippen LogP contribution in [0.15, 0.2) is 16.6 Å². The van der Waals surface area contributed by atoms with Crippen LogP contribution in [-0.4, -0.2) is 51.4 Å². The second kappa shape index (κ2) is 8.01. The van der Waals surface area contributed by atoms with Crippen LogP contribution in [0, 0.1) is 0 Å². The molecule has 3 atom stereocenters. The van der Waals surface area contributed by atoms with Crippen LogP contribution in [0.1, 0.15) is 25.7 Å². The Morgan fingerprint density at radius 3 is 3.00 bits per heavy atom. The maximum atomic E-state index is 6.15. The maximum Gasteiger partial charge on any atom is 0.157 e. The van der Waals surface area contributed by atoms with Gasteiger partial charge in [-0.1, -0.05) is 11.6 Å². The topological polar surface area (TPSA) is 40.2 Å². The number of ether oxygens (including phenoxy) is 4. The van der Waals surface area contributed by atoms with Crippen LogP contribution < -0.4 is 9.64 Å². The van der Waals surface area contributed by atoms with E-state index in [-0.39, 0.29) is 12.4 Å². The van der Waals surface area contributed by atoms with E-state index in [0.29, 0.717) is 30.9 Å². The predicted molar refractivity (Wildman–Crippen MR) is 99.7 cm³/mol. The molecule has 1 aromatic rings. The molecule has 0 N–H and O–H groups in total. The average Bonchev–Trinajstić information content (AvgIpc) is 3.09. The summed E-state index contributed by atoms with van der Waals surface area (Å²) in [5.41, 5.74) is 1.07. The predicted octanol–water partition coefficient (Wildman–Crippen LogP) is 4.00. The number of anilines is 1. The Bertz CT molecular complexity index is 611. The Kier molecular flexibility index (Phi) is 5.72. The molecule has 3 aliphatic rings. The van der Waals surface area contributed by atoms with Crippen molar-refractivity contribution < 1.29 is 18.9 Å². The van der Waals surface area contributed by atoms with Crippen LogP contribution in [0.25, 0.3) is 0 Å². The molecule has 0 aliphatic carbocycles. The fourth-order valence-corrected chi connectivity index (χ4v) is 4.75. The van der Waals surface area contributed by atoms with E-state index in [1.807, 2.05) is 12.1 Å². The Labute approximate surface area is 161 Å². The third-order valence-corrected chi connectivity index (χ3v) is 5.80. The van der Waals surface area contributed by atoms with Gasteiger partial charge < -0.3 is 23.8 Å². The molecular formula is C18H23BrClNO4. The molecule has 1 aromatic carbocycles. The summed E-state index contributed by atoms with van der Waals surface area (Å²) in [5, 5.41) is 0.675. The first-order valence-corrected chi connectivity index (χ1v) is 10.1. The van der Waals surface area contributed by atoms with E-state index in [0.717, 1.165) is 48.3 Å². The van der Waals surface area contributed by atoms with Crippen molar-refractivity contribution in [2.75, 3.05) is 37.9 Å². The summed E-state index contributed by atoms with van der Waals surface area (Å²) >= 11 is 9.78. The van der Waals surface area contributed by atoms with Crippen LogP contribution in [0.5, 0.6) is 5.75 Å². The summed E-state index contributed by atoms with van der Waals surface area (Å²) in [6, 6.07) is 4.12. The van der Waals surface area contributed by atoms with Crippen molar-refractivity contribution in [3.63, 3.8) is 0 Å². The van der Waals surface area contributed by atoms with Crippen molar-refractivity contribution in [3.05, 3.63) is 21.6 Å². The van der Waals surface area contributed by atoms with E-state index in [4.69, 9.17) is 30.5 Å². The SMILES string of the molecule is Clc1cc(Br)c2c(c1)OCCN2C1COC(COC2CCCCO2)C1. The molecule has 0 bridgehead atoms. The lowest BCUT2D eigenvalue weighted by Gasteiger charge is -2.36. The van der Waals surface area contributed by atoms with Gasteiger partial charge in [0.1, 0.15) is 12.4 Å². The van der Waals surface area contributed by atoms with Crippen molar-refractivity contribution in [1.29, 1.82) is 0 Å². The fraction of sp³-hybridized carbons (Fsp3) is 0.667. The Balaban J connectivity index is 1.38. The van der Waals surface area contributed by atoms with Gasteiger partial charge in [0.05, 0.1) is 37.6 Å². The van der Waals surface area contributed by atoms with E-state index in [9.17, 15) is 0 Å². The van der Waals surface area contributed by atoms with Crippen LogP contribution >= 0.6 is 27.5 Å². The highest BCUT2D eigenvalue weighted by Gasteiger charge is 2.34. The number of fused-ring (bicyclic) bond motifs is 1. The molecule has 4 rings (SSSR count). The number of hydrogen-bond acceptors (Lipinski definition) is 5. The van der Waals surface area contributed by atoms with Crippen LogP contribution in [0.2, 0.25) is 5.02 Å². The highest BCUT2D eigenvalue weighted by atomic mass is 79.9. The van der Waals surface area contributed by atoms with Crippen molar-refractivity contribution in [2.24, 2.45) is 0 Å². The highest BCUT2D eigenvalue weighted by molar-refractivity contribution is 9.10. The molecule has 3 aliphatic heterocycles. The van der Waals surface area contributed by atoms with Crippen LogP contribution in [-0.2, 0) is 14.2 Å². The number of rotatable bonds is 4. The summed E-state index contributed by atoms with van der Waals surface area (Å²) in [5.74, 6) is 0.834. The fourth-order valence-electron chi connectivity index (χ4n) is 3.74. The lowest BCUT2D eigenvalue weighted by Crippen LogP contribution is -2.42. The average molecular weight is 433 g/mol. The molecule has 3 heterocycles. The molecule has 138 valence electrons. The van der Waals surface area contributed by atoms with Gasteiger partial charge in [-0.15, -0.1) is 0 Å². The summed E-state index contributed by atoms with van der Waals surface area (Å²) in [4.78, 5) is 2.37. The molecule has 2 fully saturated rings. The normalized spacial score (nSPS) is 29.4. The van der Waals surface area contributed by atoms with E-state index < -0.39 is 0 Å². The van der Waals surface area contributed by atoms with Gasteiger partial charge in [-0.2, -0.15) is 0 Å². The molecule has 0 amide bonds. The van der Waals surface area contributed by atoms with Gasteiger partial charge in [0.15, 0.2) is 6.29 Å². The lowest BCUT2D eigenvalue weighted by atomic mass is 10.1. The summed E-state index contributed by atoms with van der Waals surface area (Å²) in [6.07, 6.45) is 4.31. The monoisotopic (exact) mass is 431 g/mol. The number of halogens is 2. The molecule has 5 nitrogen and oxygen atoms in total. The Morgan fingerprint density at radius 2 is 2.16 bits per heavy atom. The van der Waals surface area contributed by atoms with Gasteiger partial charge in [0.25, 0.3) is 0 Å². The number of nitrogens with zero attached hydrogens (tertiary/aromatic N) is 1. The van der Waals surface area contributed by atoms with Crippen molar-refractivity contribution in [2.45, 2.75) is 44.1 Å². The van der Waals surface area contributed by atoms with Crippen molar-refractivity contribution >= 4 is 33.2 Å². The van der Waals surface area contributed by atoms with E-state index in [1.165, 1.54) is 6.42 Å². The highest BCUT2D eigenvalue weighted by Crippen LogP contribution is 2.42. The molecule has 0 saturated carbocycles. The largest absolute Gasteiger partial charge is 0.489 e. The third kappa shape index (κ3) is 4.08. The standard InChI is InChI=1S/C18H23BrClNO4/c19-15-7-12(20)8-16-18(15)21(4-6-22-16)13-9-14(24-10-13)11-25-17-3-1-2-5-23-17/h7-8,13-14,17H,1-6,9-11H2. The van der Waals surface area contributed by atoms with Gasteiger partial charge in [-0.05, 0) is 47.7 Å². The number of benzene rings is 1.